The van der Waals surface area contributed by atoms with Crippen molar-refractivity contribution in [2.24, 2.45) is 5.73 Å². The van der Waals surface area contributed by atoms with Gasteiger partial charge in [0.05, 0.1) is 18.8 Å². The molecular formula is C12H25ClN2O2. The van der Waals surface area contributed by atoms with E-state index in [-0.39, 0.29) is 18.3 Å². The molecule has 17 heavy (non-hydrogen) atoms. The molecule has 0 aromatic heterocycles. The number of carbonyl (C=O) groups is 1. The lowest BCUT2D eigenvalue weighted by atomic mass is 10.1. The highest BCUT2D eigenvalue weighted by Crippen LogP contribution is 2.19. The van der Waals surface area contributed by atoms with Crippen molar-refractivity contribution in [2.45, 2.75) is 57.6 Å². The zero-order valence-electron chi connectivity index (χ0n) is 10.6. The molecule has 1 aliphatic rings. The number of rotatable bonds is 5. The molecule has 0 saturated heterocycles. The summed E-state index contributed by atoms with van der Waals surface area (Å²) in [5.74, 6) is -0.107. The summed E-state index contributed by atoms with van der Waals surface area (Å²) in [5, 5.41) is 2.75. The summed E-state index contributed by atoms with van der Waals surface area (Å²) in [5.41, 5.74) is 5.43. The first kappa shape index (κ1) is 16.7. The summed E-state index contributed by atoms with van der Waals surface area (Å²) < 4.78 is 5.74. The molecule has 1 amide bonds. The van der Waals surface area contributed by atoms with Crippen LogP contribution in [0.15, 0.2) is 0 Å². The van der Waals surface area contributed by atoms with Crippen LogP contribution in [0.25, 0.3) is 0 Å². The smallest absolute Gasteiger partial charge is 0.236 e. The van der Waals surface area contributed by atoms with E-state index in [2.05, 4.69) is 5.32 Å². The molecule has 0 unspecified atom stereocenters. The first-order valence-electron chi connectivity index (χ1n) is 6.35. The summed E-state index contributed by atoms with van der Waals surface area (Å²) in [6.45, 7) is 2.85. The van der Waals surface area contributed by atoms with Crippen LogP contribution in [0.3, 0.4) is 0 Å². The lowest BCUT2D eigenvalue weighted by molar-refractivity contribution is -0.122. The van der Waals surface area contributed by atoms with E-state index in [0.29, 0.717) is 19.3 Å². The standard InChI is InChI=1S/C12H24N2O2.ClH/c1-10(13)12(15)14-8-9-16-11-6-4-2-3-5-7-11;/h10-11H,2-9,13H2,1H3,(H,14,15);1H/t10-;/m1./s1. The van der Waals surface area contributed by atoms with Crippen molar-refractivity contribution in [1.82, 2.24) is 5.32 Å². The van der Waals surface area contributed by atoms with Gasteiger partial charge in [-0.1, -0.05) is 25.7 Å². The maximum absolute atomic E-state index is 11.2. The van der Waals surface area contributed by atoms with Crippen LogP contribution in [-0.4, -0.2) is 31.2 Å². The van der Waals surface area contributed by atoms with Gasteiger partial charge in [-0.25, -0.2) is 0 Å². The Bertz CT molecular complexity index is 205. The van der Waals surface area contributed by atoms with Crippen LogP contribution in [0.4, 0.5) is 0 Å². The van der Waals surface area contributed by atoms with Gasteiger partial charge in [0.15, 0.2) is 0 Å². The summed E-state index contributed by atoms with van der Waals surface area (Å²) >= 11 is 0. The monoisotopic (exact) mass is 264 g/mol. The first-order chi connectivity index (χ1) is 7.70. The van der Waals surface area contributed by atoms with Crippen molar-refractivity contribution in [3.8, 4) is 0 Å². The number of hydrogen-bond donors (Lipinski definition) is 2. The Morgan fingerprint density at radius 3 is 2.47 bits per heavy atom. The fraction of sp³-hybridized carbons (Fsp3) is 0.917. The second kappa shape index (κ2) is 9.68. The van der Waals surface area contributed by atoms with Gasteiger partial charge in [-0.2, -0.15) is 0 Å². The second-order valence-corrected chi connectivity index (χ2v) is 4.56. The van der Waals surface area contributed by atoms with E-state index in [1.165, 1.54) is 38.5 Å². The van der Waals surface area contributed by atoms with Crippen molar-refractivity contribution in [2.75, 3.05) is 13.2 Å². The predicted molar refractivity (Wildman–Crippen MR) is 71.3 cm³/mol. The van der Waals surface area contributed by atoms with Crippen molar-refractivity contribution in [3.05, 3.63) is 0 Å². The Hall–Kier alpha value is -0.320. The fourth-order valence-electron chi connectivity index (χ4n) is 1.97. The summed E-state index contributed by atoms with van der Waals surface area (Å²) in [4.78, 5) is 11.2. The minimum atomic E-state index is -0.433. The Kier molecular flexibility index (Phi) is 9.50. The largest absolute Gasteiger partial charge is 0.376 e. The van der Waals surface area contributed by atoms with Gasteiger partial charge in [-0.05, 0) is 19.8 Å². The van der Waals surface area contributed by atoms with Gasteiger partial charge in [0, 0.05) is 6.54 Å². The third-order valence-corrected chi connectivity index (χ3v) is 2.97. The molecule has 0 aromatic carbocycles. The highest BCUT2D eigenvalue weighted by Gasteiger charge is 2.12. The molecule has 5 heteroatoms. The van der Waals surface area contributed by atoms with Crippen LogP contribution in [0.2, 0.25) is 0 Å². The Labute approximate surface area is 110 Å². The molecule has 0 spiro atoms. The molecule has 1 atom stereocenters. The Morgan fingerprint density at radius 1 is 1.35 bits per heavy atom. The molecule has 0 heterocycles. The maximum atomic E-state index is 11.2. The number of halogens is 1. The molecule has 1 aliphatic carbocycles. The summed E-state index contributed by atoms with van der Waals surface area (Å²) in [6.07, 6.45) is 7.95. The second-order valence-electron chi connectivity index (χ2n) is 4.56. The number of nitrogens with two attached hydrogens (primary N) is 1. The molecule has 0 aromatic rings. The zero-order valence-corrected chi connectivity index (χ0v) is 11.4. The topological polar surface area (TPSA) is 64.4 Å². The van der Waals surface area contributed by atoms with Crippen molar-refractivity contribution >= 4 is 18.3 Å². The van der Waals surface area contributed by atoms with E-state index in [0.717, 1.165) is 0 Å². The average molecular weight is 265 g/mol. The summed E-state index contributed by atoms with van der Waals surface area (Å²) in [6, 6.07) is -0.433. The minimum absolute atomic E-state index is 0. The molecule has 0 aliphatic heterocycles. The van der Waals surface area contributed by atoms with Crippen molar-refractivity contribution < 1.29 is 9.53 Å². The molecule has 3 N–H and O–H groups in total. The SMILES string of the molecule is C[C@@H](N)C(=O)NCCOC1CCCCCC1.Cl. The van der Waals surface area contributed by atoms with Crippen molar-refractivity contribution in [1.29, 1.82) is 0 Å². The lowest BCUT2D eigenvalue weighted by Crippen LogP contribution is -2.40. The van der Waals surface area contributed by atoms with E-state index in [1.54, 1.807) is 6.92 Å². The number of carbonyl (C=O) groups excluding carboxylic acids is 1. The zero-order chi connectivity index (χ0) is 11.8. The van der Waals surface area contributed by atoms with Crippen LogP contribution in [0.1, 0.15) is 45.4 Å². The predicted octanol–water partition coefficient (Wildman–Crippen LogP) is 1.61. The van der Waals surface area contributed by atoms with Gasteiger partial charge in [-0.3, -0.25) is 4.79 Å². The maximum Gasteiger partial charge on any atom is 0.236 e. The van der Waals surface area contributed by atoms with Gasteiger partial charge >= 0.3 is 0 Å². The molecule has 0 bridgehead atoms. The van der Waals surface area contributed by atoms with Crippen LogP contribution >= 0.6 is 12.4 Å². The molecule has 102 valence electrons. The molecule has 0 radical (unpaired) electrons. The van der Waals surface area contributed by atoms with E-state index in [4.69, 9.17) is 10.5 Å². The molecular weight excluding hydrogens is 240 g/mol. The van der Waals surface area contributed by atoms with Gasteiger partial charge < -0.3 is 15.8 Å². The van der Waals surface area contributed by atoms with Gasteiger partial charge in [0.1, 0.15) is 0 Å². The highest BCUT2D eigenvalue weighted by molar-refractivity contribution is 5.85. The van der Waals surface area contributed by atoms with E-state index in [1.807, 2.05) is 0 Å². The summed E-state index contributed by atoms with van der Waals surface area (Å²) in [7, 11) is 0. The van der Waals surface area contributed by atoms with Gasteiger partial charge in [-0.15, -0.1) is 12.4 Å². The lowest BCUT2D eigenvalue weighted by Gasteiger charge is -2.15. The normalized spacial score (nSPS) is 18.9. The third kappa shape index (κ3) is 7.58. The van der Waals surface area contributed by atoms with Crippen LogP contribution < -0.4 is 11.1 Å². The highest BCUT2D eigenvalue weighted by atomic mass is 35.5. The fourth-order valence-corrected chi connectivity index (χ4v) is 1.97. The minimum Gasteiger partial charge on any atom is -0.376 e. The molecule has 1 saturated carbocycles. The number of amides is 1. The van der Waals surface area contributed by atoms with Crippen LogP contribution in [0, 0.1) is 0 Å². The van der Waals surface area contributed by atoms with E-state index >= 15 is 0 Å². The number of hydrogen-bond acceptors (Lipinski definition) is 3. The quantitative estimate of drug-likeness (QED) is 0.586. The third-order valence-electron chi connectivity index (χ3n) is 2.97. The number of nitrogens with one attached hydrogen (secondary N) is 1. The van der Waals surface area contributed by atoms with Crippen LogP contribution in [-0.2, 0) is 9.53 Å². The average Bonchev–Trinajstić information content (AvgIpc) is 2.52. The molecule has 1 rings (SSSR count). The molecule has 1 fully saturated rings. The van der Waals surface area contributed by atoms with Crippen molar-refractivity contribution in [3.63, 3.8) is 0 Å². The Morgan fingerprint density at radius 2 is 1.94 bits per heavy atom. The van der Waals surface area contributed by atoms with E-state index < -0.39 is 6.04 Å². The van der Waals surface area contributed by atoms with Gasteiger partial charge in [0.25, 0.3) is 0 Å². The first-order valence-corrected chi connectivity index (χ1v) is 6.35. The number of ether oxygens (including phenoxy) is 1. The molecule has 4 nitrogen and oxygen atoms in total. The Balaban J connectivity index is 0.00000256. The van der Waals surface area contributed by atoms with E-state index in [9.17, 15) is 4.79 Å². The van der Waals surface area contributed by atoms with Crippen LogP contribution in [0.5, 0.6) is 0 Å². The van der Waals surface area contributed by atoms with Gasteiger partial charge in [0.2, 0.25) is 5.91 Å².